The van der Waals surface area contributed by atoms with Crippen LogP contribution in [-0.2, 0) is 10.0 Å². The van der Waals surface area contributed by atoms with E-state index in [9.17, 15) is 8.42 Å². The van der Waals surface area contributed by atoms with Crippen LogP contribution in [0.15, 0.2) is 53.4 Å². The van der Waals surface area contributed by atoms with Gasteiger partial charge in [0.25, 0.3) is 0 Å². The van der Waals surface area contributed by atoms with Crippen LogP contribution in [0.25, 0.3) is 0 Å². The van der Waals surface area contributed by atoms with Crippen molar-refractivity contribution < 1.29 is 8.42 Å². The van der Waals surface area contributed by atoms with Crippen molar-refractivity contribution in [3.05, 3.63) is 65.2 Å². The van der Waals surface area contributed by atoms with Crippen molar-refractivity contribution in [2.24, 2.45) is 0 Å². The van der Waals surface area contributed by atoms with E-state index in [1.165, 1.54) is 0 Å². The van der Waals surface area contributed by atoms with E-state index >= 15 is 0 Å². The molecule has 2 aromatic carbocycles. The average molecular weight is 289 g/mol. The Morgan fingerprint density at radius 3 is 2.30 bits per heavy atom. The quantitative estimate of drug-likeness (QED) is 0.938. The molecule has 1 N–H and O–H groups in total. The molecule has 0 aliphatic heterocycles. The molecule has 1 atom stereocenters. The molecule has 0 aromatic heterocycles. The fraction of sp³-hybridized carbons (Fsp3) is 0.250. The second-order valence-electron chi connectivity index (χ2n) is 5.02. The van der Waals surface area contributed by atoms with Crippen LogP contribution in [0.1, 0.15) is 29.7 Å². The lowest BCUT2D eigenvalue weighted by molar-refractivity contribution is 0.566. The maximum atomic E-state index is 12.5. The maximum absolute atomic E-state index is 12.5. The monoisotopic (exact) mass is 289 g/mol. The van der Waals surface area contributed by atoms with Gasteiger partial charge in [0.15, 0.2) is 0 Å². The van der Waals surface area contributed by atoms with E-state index in [-0.39, 0.29) is 6.04 Å². The van der Waals surface area contributed by atoms with Gasteiger partial charge in [0.2, 0.25) is 10.0 Å². The zero-order valence-electron chi connectivity index (χ0n) is 11.9. The molecule has 0 saturated carbocycles. The third-order valence-electron chi connectivity index (χ3n) is 3.26. The highest BCUT2D eigenvalue weighted by atomic mass is 32.2. The van der Waals surface area contributed by atoms with Crippen LogP contribution in [0.4, 0.5) is 0 Å². The largest absolute Gasteiger partial charge is 0.241 e. The number of hydrogen-bond donors (Lipinski definition) is 1. The van der Waals surface area contributed by atoms with Gasteiger partial charge in [0, 0.05) is 6.04 Å². The summed E-state index contributed by atoms with van der Waals surface area (Å²) >= 11 is 0. The van der Waals surface area contributed by atoms with Crippen molar-refractivity contribution in [3.63, 3.8) is 0 Å². The zero-order chi connectivity index (χ0) is 14.8. The van der Waals surface area contributed by atoms with Crippen LogP contribution in [0, 0.1) is 13.8 Å². The summed E-state index contributed by atoms with van der Waals surface area (Å²) in [6.07, 6.45) is 0. The first-order valence-electron chi connectivity index (χ1n) is 6.54. The van der Waals surface area contributed by atoms with E-state index in [0.717, 1.165) is 16.7 Å². The SMILES string of the molecule is Cc1ccc(C)c(S(=O)(=O)NC(C)c2ccccc2)c1. The highest BCUT2D eigenvalue weighted by Gasteiger charge is 2.20. The normalized spacial score (nSPS) is 13.2. The van der Waals surface area contributed by atoms with E-state index in [1.54, 1.807) is 13.0 Å². The lowest BCUT2D eigenvalue weighted by Gasteiger charge is -2.16. The van der Waals surface area contributed by atoms with Crippen molar-refractivity contribution in [1.82, 2.24) is 4.72 Å². The van der Waals surface area contributed by atoms with Crippen LogP contribution in [0.3, 0.4) is 0 Å². The average Bonchev–Trinajstić information content (AvgIpc) is 2.42. The number of benzene rings is 2. The summed E-state index contributed by atoms with van der Waals surface area (Å²) in [7, 11) is -3.51. The summed E-state index contributed by atoms with van der Waals surface area (Å²) in [6, 6.07) is 14.7. The highest BCUT2D eigenvalue weighted by Crippen LogP contribution is 2.20. The van der Waals surface area contributed by atoms with Gasteiger partial charge in [-0.05, 0) is 43.5 Å². The lowest BCUT2D eigenvalue weighted by atomic mass is 10.1. The summed E-state index contributed by atoms with van der Waals surface area (Å²) < 4.78 is 27.7. The van der Waals surface area contributed by atoms with Gasteiger partial charge in [0.1, 0.15) is 0 Å². The van der Waals surface area contributed by atoms with Crippen molar-refractivity contribution in [1.29, 1.82) is 0 Å². The highest BCUT2D eigenvalue weighted by molar-refractivity contribution is 7.89. The first kappa shape index (κ1) is 14.8. The van der Waals surface area contributed by atoms with Crippen molar-refractivity contribution >= 4 is 10.0 Å². The molecule has 2 rings (SSSR count). The zero-order valence-corrected chi connectivity index (χ0v) is 12.7. The van der Waals surface area contributed by atoms with Gasteiger partial charge in [-0.25, -0.2) is 13.1 Å². The Kier molecular flexibility index (Phi) is 4.26. The van der Waals surface area contributed by atoms with Crippen molar-refractivity contribution in [2.45, 2.75) is 31.7 Å². The van der Waals surface area contributed by atoms with Gasteiger partial charge in [-0.2, -0.15) is 0 Å². The summed E-state index contributed by atoms with van der Waals surface area (Å²) in [5.74, 6) is 0. The predicted octanol–water partition coefficient (Wildman–Crippen LogP) is 3.34. The van der Waals surface area contributed by atoms with Crippen LogP contribution < -0.4 is 4.72 Å². The van der Waals surface area contributed by atoms with Gasteiger partial charge in [-0.3, -0.25) is 0 Å². The Morgan fingerprint density at radius 2 is 1.65 bits per heavy atom. The van der Waals surface area contributed by atoms with E-state index in [1.807, 2.05) is 56.3 Å². The minimum Gasteiger partial charge on any atom is -0.207 e. The van der Waals surface area contributed by atoms with Crippen LogP contribution in [0.5, 0.6) is 0 Å². The fourth-order valence-electron chi connectivity index (χ4n) is 2.10. The van der Waals surface area contributed by atoms with E-state index < -0.39 is 10.0 Å². The fourth-order valence-corrected chi connectivity index (χ4v) is 3.66. The van der Waals surface area contributed by atoms with Crippen molar-refractivity contribution in [2.75, 3.05) is 0 Å². The Labute approximate surface area is 120 Å². The van der Waals surface area contributed by atoms with E-state index in [2.05, 4.69) is 4.72 Å². The molecule has 0 bridgehead atoms. The second kappa shape index (κ2) is 5.77. The molecule has 0 heterocycles. The Bertz CT molecular complexity index is 694. The van der Waals surface area contributed by atoms with Crippen molar-refractivity contribution in [3.8, 4) is 0 Å². The molecule has 20 heavy (non-hydrogen) atoms. The van der Waals surface area contributed by atoms with Crippen LogP contribution in [-0.4, -0.2) is 8.42 Å². The Hall–Kier alpha value is -1.65. The molecule has 0 aliphatic carbocycles. The molecule has 106 valence electrons. The summed E-state index contributed by atoms with van der Waals surface area (Å²) in [5.41, 5.74) is 2.63. The molecule has 2 aromatic rings. The standard InChI is InChI=1S/C16H19NO2S/c1-12-9-10-13(2)16(11-12)20(18,19)17-14(3)15-7-5-4-6-8-15/h4-11,14,17H,1-3H3. The minimum absolute atomic E-state index is 0.263. The lowest BCUT2D eigenvalue weighted by Crippen LogP contribution is -2.27. The van der Waals surface area contributed by atoms with Gasteiger partial charge >= 0.3 is 0 Å². The molecular weight excluding hydrogens is 270 g/mol. The van der Waals surface area contributed by atoms with Crippen LogP contribution in [0.2, 0.25) is 0 Å². The second-order valence-corrected chi connectivity index (χ2v) is 6.71. The molecule has 0 fully saturated rings. The summed E-state index contributed by atoms with van der Waals surface area (Å²) in [6.45, 7) is 5.54. The molecular formula is C16H19NO2S. The minimum atomic E-state index is -3.51. The Balaban J connectivity index is 2.30. The Morgan fingerprint density at radius 1 is 1.00 bits per heavy atom. The summed E-state index contributed by atoms with van der Waals surface area (Å²) in [5, 5.41) is 0. The molecule has 0 radical (unpaired) electrons. The van der Waals surface area contributed by atoms with Gasteiger partial charge < -0.3 is 0 Å². The third kappa shape index (κ3) is 3.26. The smallest absolute Gasteiger partial charge is 0.207 e. The first-order chi connectivity index (χ1) is 9.40. The number of nitrogens with one attached hydrogen (secondary N) is 1. The van der Waals surface area contributed by atoms with Crippen LogP contribution >= 0.6 is 0 Å². The number of sulfonamides is 1. The van der Waals surface area contributed by atoms with E-state index in [0.29, 0.717) is 4.90 Å². The third-order valence-corrected chi connectivity index (χ3v) is 4.95. The number of aryl methyl sites for hydroxylation is 2. The molecule has 1 unspecified atom stereocenters. The molecule has 0 aliphatic rings. The van der Waals surface area contributed by atoms with E-state index in [4.69, 9.17) is 0 Å². The predicted molar refractivity (Wildman–Crippen MR) is 81.1 cm³/mol. The molecule has 3 nitrogen and oxygen atoms in total. The molecule has 0 saturated heterocycles. The maximum Gasteiger partial charge on any atom is 0.241 e. The summed E-state index contributed by atoms with van der Waals surface area (Å²) in [4.78, 5) is 0.347. The number of hydrogen-bond acceptors (Lipinski definition) is 2. The number of rotatable bonds is 4. The van der Waals surface area contributed by atoms with Gasteiger partial charge in [-0.1, -0.05) is 42.5 Å². The molecule has 0 amide bonds. The van der Waals surface area contributed by atoms with Gasteiger partial charge in [0.05, 0.1) is 4.90 Å². The molecule has 0 spiro atoms. The van der Waals surface area contributed by atoms with Gasteiger partial charge in [-0.15, -0.1) is 0 Å². The first-order valence-corrected chi connectivity index (χ1v) is 8.03. The molecule has 4 heteroatoms. The topological polar surface area (TPSA) is 46.2 Å².